The van der Waals surface area contributed by atoms with E-state index in [1.54, 1.807) is 6.07 Å². The molecule has 1 amide bonds. The van der Waals surface area contributed by atoms with E-state index in [0.29, 0.717) is 4.88 Å². The van der Waals surface area contributed by atoms with E-state index in [4.69, 9.17) is 5.11 Å². The Labute approximate surface area is 98.5 Å². The van der Waals surface area contributed by atoms with Gasteiger partial charge in [-0.3, -0.25) is 4.79 Å². The molecule has 5 heteroatoms. The van der Waals surface area contributed by atoms with Crippen LogP contribution in [0.4, 0.5) is 0 Å². The smallest absolute Gasteiger partial charge is 0.329 e. The van der Waals surface area contributed by atoms with E-state index in [2.05, 4.69) is 0 Å². The van der Waals surface area contributed by atoms with Gasteiger partial charge in [-0.2, -0.15) is 0 Å². The van der Waals surface area contributed by atoms with Crippen LogP contribution in [0.5, 0.6) is 0 Å². The molecule has 1 aromatic heterocycles. The summed E-state index contributed by atoms with van der Waals surface area (Å²) in [5.41, 5.74) is -0.190. The second-order valence-electron chi connectivity index (χ2n) is 4.22. The number of carboxylic acid groups (broad SMARTS) is 1. The maximum absolute atomic E-state index is 12.0. The standard InChI is InChI=1S/C11H15NO3S/c1-7-5-8(16-6-7)9(13)12(4)11(2,3)10(14)15/h5-6H,1-4H3,(H,14,15). The van der Waals surface area contributed by atoms with Gasteiger partial charge in [-0.1, -0.05) is 0 Å². The molecule has 0 atom stereocenters. The van der Waals surface area contributed by atoms with Gasteiger partial charge in [0, 0.05) is 7.05 Å². The van der Waals surface area contributed by atoms with Crippen LogP contribution in [0, 0.1) is 6.92 Å². The van der Waals surface area contributed by atoms with Gasteiger partial charge in [-0.05, 0) is 37.8 Å². The number of carbonyl (C=O) groups excluding carboxylic acids is 1. The third-order valence-electron chi connectivity index (χ3n) is 2.61. The number of amides is 1. The van der Waals surface area contributed by atoms with Crippen molar-refractivity contribution in [2.24, 2.45) is 0 Å². The van der Waals surface area contributed by atoms with Gasteiger partial charge in [0.15, 0.2) is 0 Å². The first kappa shape index (κ1) is 12.7. The molecule has 0 aromatic carbocycles. The zero-order valence-corrected chi connectivity index (χ0v) is 10.6. The van der Waals surface area contributed by atoms with Crippen molar-refractivity contribution >= 4 is 23.2 Å². The number of carbonyl (C=O) groups is 2. The van der Waals surface area contributed by atoms with Crippen molar-refractivity contribution < 1.29 is 14.7 Å². The Morgan fingerprint density at radius 1 is 1.44 bits per heavy atom. The molecule has 1 aromatic rings. The predicted molar refractivity (Wildman–Crippen MR) is 62.9 cm³/mol. The number of aryl methyl sites for hydroxylation is 1. The average molecular weight is 241 g/mol. The van der Waals surface area contributed by atoms with Crippen molar-refractivity contribution in [1.29, 1.82) is 0 Å². The van der Waals surface area contributed by atoms with Crippen LogP contribution in [-0.4, -0.2) is 34.5 Å². The number of aliphatic carboxylic acids is 1. The predicted octanol–water partition coefficient (Wildman–Crippen LogP) is 1.99. The summed E-state index contributed by atoms with van der Waals surface area (Å²) in [7, 11) is 1.51. The highest BCUT2D eigenvalue weighted by Crippen LogP contribution is 2.20. The largest absolute Gasteiger partial charge is 0.480 e. The molecule has 0 radical (unpaired) electrons. The lowest BCUT2D eigenvalue weighted by molar-refractivity contribution is -0.147. The fourth-order valence-corrected chi connectivity index (χ4v) is 1.98. The second-order valence-corrected chi connectivity index (χ2v) is 5.13. The molecular weight excluding hydrogens is 226 g/mol. The van der Waals surface area contributed by atoms with Crippen LogP contribution >= 0.6 is 11.3 Å². The van der Waals surface area contributed by atoms with Gasteiger partial charge in [0.1, 0.15) is 5.54 Å². The number of carboxylic acids is 1. The zero-order valence-electron chi connectivity index (χ0n) is 9.77. The molecule has 0 saturated heterocycles. The molecule has 0 bridgehead atoms. The van der Waals surface area contributed by atoms with Crippen molar-refractivity contribution in [3.05, 3.63) is 21.9 Å². The SMILES string of the molecule is Cc1csc(C(=O)N(C)C(C)(C)C(=O)O)c1. The van der Waals surface area contributed by atoms with E-state index in [-0.39, 0.29) is 5.91 Å². The van der Waals surface area contributed by atoms with E-state index in [1.807, 2.05) is 12.3 Å². The third-order valence-corrected chi connectivity index (χ3v) is 3.64. The summed E-state index contributed by atoms with van der Waals surface area (Å²) in [5, 5.41) is 10.9. The molecule has 88 valence electrons. The Morgan fingerprint density at radius 3 is 2.38 bits per heavy atom. The van der Waals surface area contributed by atoms with Crippen LogP contribution < -0.4 is 0 Å². The number of likely N-dealkylation sites (N-methyl/N-ethyl adjacent to an activating group) is 1. The van der Waals surface area contributed by atoms with E-state index in [1.165, 1.54) is 37.1 Å². The number of hydrogen-bond donors (Lipinski definition) is 1. The maximum atomic E-state index is 12.0. The number of thiophene rings is 1. The van der Waals surface area contributed by atoms with Gasteiger partial charge < -0.3 is 10.0 Å². The molecule has 4 nitrogen and oxygen atoms in total. The molecule has 1 rings (SSSR count). The van der Waals surface area contributed by atoms with Crippen LogP contribution in [0.1, 0.15) is 29.1 Å². The van der Waals surface area contributed by atoms with Gasteiger partial charge in [-0.25, -0.2) is 4.79 Å². The van der Waals surface area contributed by atoms with Gasteiger partial charge in [0.05, 0.1) is 4.88 Å². The van der Waals surface area contributed by atoms with Crippen molar-refractivity contribution in [2.45, 2.75) is 26.3 Å². The summed E-state index contributed by atoms with van der Waals surface area (Å²) < 4.78 is 0. The fourth-order valence-electron chi connectivity index (χ4n) is 1.11. The minimum absolute atomic E-state index is 0.259. The molecule has 1 heterocycles. The molecule has 0 spiro atoms. The average Bonchev–Trinajstić information content (AvgIpc) is 2.62. The van der Waals surface area contributed by atoms with Crippen molar-refractivity contribution in [1.82, 2.24) is 4.90 Å². The molecule has 0 aliphatic carbocycles. The topological polar surface area (TPSA) is 57.6 Å². The Balaban J connectivity index is 2.95. The first-order valence-electron chi connectivity index (χ1n) is 4.83. The highest BCUT2D eigenvalue weighted by molar-refractivity contribution is 7.12. The Bertz CT molecular complexity index is 423. The minimum Gasteiger partial charge on any atom is -0.480 e. The van der Waals surface area contributed by atoms with E-state index < -0.39 is 11.5 Å². The molecular formula is C11H15NO3S. The summed E-state index contributed by atoms with van der Waals surface area (Å²) in [6, 6.07) is 1.77. The van der Waals surface area contributed by atoms with Crippen molar-refractivity contribution in [3.63, 3.8) is 0 Å². The van der Waals surface area contributed by atoms with Crippen molar-refractivity contribution in [3.8, 4) is 0 Å². The van der Waals surface area contributed by atoms with Gasteiger partial charge >= 0.3 is 5.97 Å². The molecule has 0 fully saturated rings. The highest BCUT2D eigenvalue weighted by Gasteiger charge is 2.35. The third kappa shape index (κ3) is 2.24. The second kappa shape index (κ2) is 4.25. The molecule has 0 aliphatic heterocycles. The van der Waals surface area contributed by atoms with E-state index in [0.717, 1.165) is 5.56 Å². The molecule has 0 saturated carbocycles. The molecule has 16 heavy (non-hydrogen) atoms. The van der Waals surface area contributed by atoms with Crippen LogP contribution in [-0.2, 0) is 4.79 Å². The molecule has 0 unspecified atom stereocenters. The van der Waals surface area contributed by atoms with Crippen LogP contribution in [0.3, 0.4) is 0 Å². The Kier molecular flexibility index (Phi) is 3.38. The lowest BCUT2D eigenvalue weighted by atomic mass is 10.0. The lowest BCUT2D eigenvalue weighted by Gasteiger charge is -2.31. The summed E-state index contributed by atoms with van der Waals surface area (Å²) in [6.07, 6.45) is 0. The van der Waals surface area contributed by atoms with Gasteiger partial charge in [0.2, 0.25) is 0 Å². The van der Waals surface area contributed by atoms with Crippen LogP contribution in [0.25, 0.3) is 0 Å². The fraction of sp³-hybridized carbons (Fsp3) is 0.455. The van der Waals surface area contributed by atoms with Gasteiger partial charge in [-0.15, -0.1) is 11.3 Å². The first-order valence-corrected chi connectivity index (χ1v) is 5.71. The lowest BCUT2D eigenvalue weighted by Crippen LogP contribution is -2.50. The minimum atomic E-state index is -1.20. The summed E-state index contributed by atoms with van der Waals surface area (Å²) in [4.78, 5) is 24.8. The maximum Gasteiger partial charge on any atom is 0.329 e. The summed E-state index contributed by atoms with van der Waals surface area (Å²) in [5.74, 6) is -1.28. The van der Waals surface area contributed by atoms with Crippen LogP contribution in [0.15, 0.2) is 11.4 Å². The van der Waals surface area contributed by atoms with Gasteiger partial charge in [0.25, 0.3) is 5.91 Å². The zero-order chi connectivity index (χ0) is 12.5. The van der Waals surface area contributed by atoms with E-state index >= 15 is 0 Å². The number of rotatable bonds is 3. The first-order chi connectivity index (χ1) is 7.26. The van der Waals surface area contributed by atoms with E-state index in [9.17, 15) is 9.59 Å². The summed E-state index contributed by atoms with van der Waals surface area (Å²) in [6.45, 7) is 4.91. The molecule has 1 N–H and O–H groups in total. The Hall–Kier alpha value is -1.36. The monoisotopic (exact) mass is 241 g/mol. The van der Waals surface area contributed by atoms with Crippen molar-refractivity contribution in [2.75, 3.05) is 7.05 Å². The quantitative estimate of drug-likeness (QED) is 0.880. The normalized spacial score (nSPS) is 11.2. The Morgan fingerprint density at radius 2 is 2.00 bits per heavy atom. The number of hydrogen-bond acceptors (Lipinski definition) is 3. The number of nitrogens with zero attached hydrogens (tertiary/aromatic N) is 1. The summed E-state index contributed by atoms with van der Waals surface area (Å²) >= 11 is 1.33. The molecule has 0 aliphatic rings. The van der Waals surface area contributed by atoms with Crippen LogP contribution in [0.2, 0.25) is 0 Å². The highest BCUT2D eigenvalue weighted by atomic mass is 32.1.